The molecule has 2 aromatic rings. The third kappa shape index (κ3) is 4.35. The van der Waals surface area contributed by atoms with Gasteiger partial charge < -0.3 is 0 Å². The maximum absolute atomic E-state index is 6.00. The molecule has 0 aliphatic heterocycles. The van der Waals surface area contributed by atoms with Crippen LogP contribution in [-0.4, -0.2) is 6.04 Å². The van der Waals surface area contributed by atoms with Gasteiger partial charge in [-0.1, -0.05) is 53.6 Å². The molecule has 2 rings (SSSR count). The molecule has 0 amide bonds. The van der Waals surface area contributed by atoms with Crippen LogP contribution in [0.4, 0.5) is 0 Å². The smallest absolute Gasteiger partial charge is 0.0408 e. The Balaban J connectivity index is 2.02. The minimum absolute atomic E-state index is 0.209. The lowest BCUT2D eigenvalue weighted by Crippen LogP contribution is -2.38. The second-order valence-electron chi connectivity index (χ2n) is 4.89. The molecule has 0 fully saturated rings. The van der Waals surface area contributed by atoms with Gasteiger partial charge in [0.1, 0.15) is 0 Å². The van der Waals surface area contributed by atoms with Crippen LogP contribution in [0.2, 0.25) is 5.02 Å². The van der Waals surface area contributed by atoms with Crippen LogP contribution < -0.4 is 11.3 Å². The highest BCUT2D eigenvalue weighted by molar-refractivity contribution is 6.30. The molecule has 0 spiro atoms. The molecule has 0 radical (unpaired) electrons. The molecule has 0 aliphatic rings. The SMILES string of the molecule is Cc1ccc(CC(Cc2cccc(Cl)c2)NN)cc1. The molecule has 0 heterocycles. The standard InChI is InChI=1S/C16H19ClN2/c1-12-5-7-13(8-6-12)10-16(19-18)11-14-3-2-4-15(17)9-14/h2-9,16,19H,10-11,18H2,1H3. The Bertz CT molecular complexity index is 523. The summed E-state index contributed by atoms with van der Waals surface area (Å²) in [5.74, 6) is 5.65. The van der Waals surface area contributed by atoms with E-state index in [-0.39, 0.29) is 6.04 Å². The summed E-state index contributed by atoms with van der Waals surface area (Å²) in [6.45, 7) is 2.09. The molecule has 0 bridgehead atoms. The number of rotatable bonds is 5. The van der Waals surface area contributed by atoms with Crippen molar-refractivity contribution >= 4 is 11.6 Å². The predicted octanol–water partition coefficient (Wildman–Crippen LogP) is 3.27. The summed E-state index contributed by atoms with van der Waals surface area (Å²) >= 11 is 6.00. The van der Waals surface area contributed by atoms with Gasteiger partial charge in [0.15, 0.2) is 0 Å². The number of nitrogens with two attached hydrogens (primary N) is 1. The van der Waals surface area contributed by atoms with Crippen molar-refractivity contribution in [1.29, 1.82) is 0 Å². The van der Waals surface area contributed by atoms with E-state index in [9.17, 15) is 0 Å². The van der Waals surface area contributed by atoms with Crippen LogP contribution in [0.15, 0.2) is 48.5 Å². The van der Waals surface area contributed by atoms with E-state index in [4.69, 9.17) is 17.4 Å². The molecule has 19 heavy (non-hydrogen) atoms. The largest absolute Gasteiger partial charge is 0.271 e. The first-order valence-electron chi connectivity index (χ1n) is 6.43. The van der Waals surface area contributed by atoms with Crippen molar-refractivity contribution in [3.63, 3.8) is 0 Å². The van der Waals surface area contributed by atoms with Gasteiger partial charge in [-0.3, -0.25) is 11.3 Å². The first kappa shape index (κ1) is 14.1. The zero-order chi connectivity index (χ0) is 13.7. The van der Waals surface area contributed by atoms with Crippen LogP contribution in [-0.2, 0) is 12.8 Å². The van der Waals surface area contributed by atoms with Crippen molar-refractivity contribution in [3.8, 4) is 0 Å². The van der Waals surface area contributed by atoms with Gasteiger partial charge in [0.05, 0.1) is 0 Å². The lowest BCUT2D eigenvalue weighted by Gasteiger charge is -2.16. The lowest BCUT2D eigenvalue weighted by molar-refractivity contribution is 0.522. The number of benzene rings is 2. The monoisotopic (exact) mass is 274 g/mol. The van der Waals surface area contributed by atoms with Gasteiger partial charge in [-0.05, 0) is 43.0 Å². The van der Waals surface area contributed by atoms with Crippen LogP contribution in [0.5, 0.6) is 0 Å². The maximum atomic E-state index is 6.00. The highest BCUT2D eigenvalue weighted by Crippen LogP contribution is 2.14. The summed E-state index contributed by atoms with van der Waals surface area (Å²) < 4.78 is 0. The molecule has 1 unspecified atom stereocenters. The van der Waals surface area contributed by atoms with Crippen molar-refractivity contribution in [2.75, 3.05) is 0 Å². The molecular formula is C16H19ClN2. The number of hydrogen-bond donors (Lipinski definition) is 2. The van der Waals surface area contributed by atoms with Crippen molar-refractivity contribution in [3.05, 3.63) is 70.2 Å². The number of halogens is 1. The summed E-state index contributed by atoms with van der Waals surface area (Å²) in [4.78, 5) is 0. The van der Waals surface area contributed by atoms with E-state index in [0.29, 0.717) is 0 Å². The fourth-order valence-electron chi connectivity index (χ4n) is 2.15. The Morgan fingerprint density at radius 3 is 2.37 bits per heavy atom. The third-order valence-corrected chi connectivity index (χ3v) is 3.44. The number of aryl methyl sites for hydroxylation is 1. The summed E-state index contributed by atoms with van der Waals surface area (Å²) in [5, 5.41) is 0.767. The molecule has 100 valence electrons. The zero-order valence-electron chi connectivity index (χ0n) is 11.1. The Hall–Kier alpha value is -1.35. The van der Waals surface area contributed by atoms with Gasteiger partial charge in [-0.2, -0.15) is 0 Å². The predicted molar refractivity (Wildman–Crippen MR) is 81.2 cm³/mol. The van der Waals surface area contributed by atoms with Crippen molar-refractivity contribution in [2.24, 2.45) is 5.84 Å². The second kappa shape index (κ2) is 6.71. The molecule has 3 N–H and O–H groups in total. The van der Waals surface area contributed by atoms with Crippen molar-refractivity contribution in [2.45, 2.75) is 25.8 Å². The van der Waals surface area contributed by atoms with Crippen molar-refractivity contribution < 1.29 is 0 Å². The number of hydrazine groups is 1. The number of hydrogen-bond acceptors (Lipinski definition) is 2. The molecule has 0 aromatic heterocycles. The first-order valence-corrected chi connectivity index (χ1v) is 6.81. The Morgan fingerprint density at radius 1 is 1.05 bits per heavy atom. The average Bonchev–Trinajstić information content (AvgIpc) is 2.40. The minimum Gasteiger partial charge on any atom is -0.271 e. The lowest BCUT2D eigenvalue weighted by atomic mass is 9.99. The van der Waals surface area contributed by atoms with E-state index in [1.807, 2.05) is 18.2 Å². The van der Waals surface area contributed by atoms with E-state index in [1.165, 1.54) is 16.7 Å². The van der Waals surface area contributed by atoms with Crippen LogP contribution >= 0.6 is 11.6 Å². The van der Waals surface area contributed by atoms with Gasteiger partial charge in [0, 0.05) is 11.1 Å². The summed E-state index contributed by atoms with van der Waals surface area (Å²) in [5.41, 5.74) is 6.65. The van der Waals surface area contributed by atoms with Crippen LogP contribution in [0.1, 0.15) is 16.7 Å². The highest BCUT2D eigenvalue weighted by Gasteiger charge is 2.09. The average molecular weight is 275 g/mol. The van der Waals surface area contributed by atoms with Gasteiger partial charge in [0.2, 0.25) is 0 Å². The van der Waals surface area contributed by atoms with Crippen LogP contribution in [0, 0.1) is 6.92 Å². The molecule has 2 nitrogen and oxygen atoms in total. The van der Waals surface area contributed by atoms with E-state index in [1.54, 1.807) is 0 Å². The van der Waals surface area contributed by atoms with E-state index >= 15 is 0 Å². The van der Waals surface area contributed by atoms with Crippen LogP contribution in [0.25, 0.3) is 0 Å². The number of nitrogens with one attached hydrogen (secondary N) is 1. The van der Waals surface area contributed by atoms with Crippen LogP contribution in [0.3, 0.4) is 0 Å². The Morgan fingerprint density at radius 2 is 1.74 bits per heavy atom. The second-order valence-corrected chi connectivity index (χ2v) is 5.32. The highest BCUT2D eigenvalue weighted by atomic mass is 35.5. The molecule has 2 aromatic carbocycles. The minimum atomic E-state index is 0.209. The molecule has 3 heteroatoms. The normalized spacial score (nSPS) is 12.4. The zero-order valence-corrected chi connectivity index (χ0v) is 11.8. The summed E-state index contributed by atoms with van der Waals surface area (Å²) in [6, 6.07) is 16.7. The first-order chi connectivity index (χ1) is 9.17. The van der Waals surface area contributed by atoms with E-state index in [0.717, 1.165) is 17.9 Å². The van der Waals surface area contributed by atoms with Crippen molar-refractivity contribution in [1.82, 2.24) is 5.43 Å². The topological polar surface area (TPSA) is 38.0 Å². The molecule has 0 aliphatic carbocycles. The van der Waals surface area contributed by atoms with Gasteiger partial charge in [-0.15, -0.1) is 0 Å². The molecule has 1 atom stereocenters. The summed E-state index contributed by atoms with van der Waals surface area (Å²) in [7, 11) is 0. The quantitative estimate of drug-likeness (QED) is 0.649. The fourth-order valence-corrected chi connectivity index (χ4v) is 2.36. The van der Waals surface area contributed by atoms with Gasteiger partial charge in [0.25, 0.3) is 0 Å². The molecule has 0 saturated carbocycles. The van der Waals surface area contributed by atoms with Gasteiger partial charge in [-0.25, -0.2) is 0 Å². The Labute approximate surface area is 119 Å². The molecular weight excluding hydrogens is 256 g/mol. The van der Waals surface area contributed by atoms with Gasteiger partial charge >= 0.3 is 0 Å². The van der Waals surface area contributed by atoms with E-state index < -0.39 is 0 Å². The summed E-state index contributed by atoms with van der Waals surface area (Å²) in [6.07, 6.45) is 1.77. The Kier molecular flexibility index (Phi) is 4.97. The third-order valence-electron chi connectivity index (χ3n) is 3.21. The maximum Gasteiger partial charge on any atom is 0.0408 e. The molecule has 0 saturated heterocycles. The fraction of sp³-hybridized carbons (Fsp3) is 0.250. The van der Waals surface area contributed by atoms with E-state index in [2.05, 4.69) is 42.7 Å².